The Morgan fingerprint density at radius 2 is 2.25 bits per heavy atom. The van der Waals surface area contributed by atoms with Crippen molar-refractivity contribution in [2.24, 2.45) is 0 Å². The van der Waals surface area contributed by atoms with E-state index in [-0.39, 0.29) is 5.97 Å². The SMILES string of the molecule is COCCN(CCC(=O)OC)Cc1cncn1C1CC1. The third-order valence-corrected chi connectivity index (χ3v) is 3.54. The summed E-state index contributed by atoms with van der Waals surface area (Å²) in [6.07, 6.45) is 6.70. The summed E-state index contributed by atoms with van der Waals surface area (Å²) in [5.41, 5.74) is 1.20. The van der Waals surface area contributed by atoms with E-state index in [4.69, 9.17) is 9.47 Å². The molecule has 112 valence electrons. The fraction of sp³-hybridized carbons (Fsp3) is 0.714. The van der Waals surface area contributed by atoms with Gasteiger partial charge in [0.15, 0.2) is 0 Å². The van der Waals surface area contributed by atoms with Gasteiger partial charge in [0.25, 0.3) is 0 Å². The third-order valence-electron chi connectivity index (χ3n) is 3.54. The lowest BCUT2D eigenvalue weighted by atomic mass is 10.3. The molecule has 0 amide bonds. The maximum Gasteiger partial charge on any atom is 0.306 e. The molecule has 0 atom stereocenters. The normalized spacial score (nSPS) is 14.8. The molecule has 0 bridgehead atoms. The summed E-state index contributed by atoms with van der Waals surface area (Å²) < 4.78 is 12.1. The first kappa shape index (κ1) is 15.0. The van der Waals surface area contributed by atoms with Gasteiger partial charge < -0.3 is 14.0 Å². The number of nitrogens with zero attached hydrogens (tertiary/aromatic N) is 3. The molecule has 1 saturated carbocycles. The van der Waals surface area contributed by atoms with Gasteiger partial charge in [0, 0.05) is 39.0 Å². The molecule has 1 fully saturated rings. The van der Waals surface area contributed by atoms with Crippen LogP contribution in [-0.4, -0.2) is 54.3 Å². The molecule has 2 rings (SSSR count). The van der Waals surface area contributed by atoms with Crippen molar-refractivity contribution >= 4 is 5.97 Å². The minimum Gasteiger partial charge on any atom is -0.469 e. The predicted molar refractivity (Wildman–Crippen MR) is 74.3 cm³/mol. The lowest BCUT2D eigenvalue weighted by molar-refractivity contribution is -0.141. The van der Waals surface area contributed by atoms with Gasteiger partial charge in [0.2, 0.25) is 0 Å². The van der Waals surface area contributed by atoms with Crippen molar-refractivity contribution in [1.82, 2.24) is 14.5 Å². The fourth-order valence-corrected chi connectivity index (χ4v) is 2.21. The van der Waals surface area contributed by atoms with E-state index in [2.05, 4.69) is 14.5 Å². The molecule has 6 heteroatoms. The Morgan fingerprint density at radius 1 is 1.45 bits per heavy atom. The topological polar surface area (TPSA) is 56.6 Å². The largest absolute Gasteiger partial charge is 0.469 e. The second-order valence-electron chi connectivity index (χ2n) is 5.12. The molecular weight excluding hydrogens is 258 g/mol. The van der Waals surface area contributed by atoms with Crippen LogP contribution >= 0.6 is 0 Å². The number of carbonyl (C=O) groups is 1. The Kier molecular flexibility index (Phi) is 5.55. The van der Waals surface area contributed by atoms with Gasteiger partial charge in [-0.3, -0.25) is 9.69 Å². The maximum absolute atomic E-state index is 11.3. The van der Waals surface area contributed by atoms with Crippen LogP contribution < -0.4 is 0 Å². The van der Waals surface area contributed by atoms with E-state index in [0.29, 0.717) is 25.6 Å². The number of rotatable bonds is 9. The van der Waals surface area contributed by atoms with E-state index in [1.165, 1.54) is 25.6 Å². The van der Waals surface area contributed by atoms with Crippen LogP contribution in [0.15, 0.2) is 12.5 Å². The number of esters is 1. The van der Waals surface area contributed by atoms with Crippen LogP contribution in [-0.2, 0) is 20.8 Å². The van der Waals surface area contributed by atoms with Gasteiger partial charge in [-0.15, -0.1) is 0 Å². The van der Waals surface area contributed by atoms with Crippen molar-refractivity contribution in [2.75, 3.05) is 33.9 Å². The maximum atomic E-state index is 11.3. The third kappa shape index (κ3) is 4.31. The van der Waals surface area contributed by atoms with E-state index in [0.717, 1.165) is 13.1 Å². The quantitative estimate of drug-likeness (QED) is 0.637. The molecule has 1 aromatic heterocycles. The molecule has 0 aromatic carbocycles. The van der Waals surface area contributed by atoms with Crippen molar-refractivity contribution in [3.63, 3.8) is 0 Å². The monoisotopic (exact) mass is 281 g/mol. The van der Waals surface area contributed by atoms with Gasteiger partial charge in [-0.2, -0.15) is 0 Å². The Hall–Kier alpha value is -1.40. The van der Waals surface area contributed by atoms with Crippen molar-refractivity contribution in [2.45, 2.75) is 31.8 Å². The summed E-state index contributed by atoms with van der Waals surface area (Å²) in [5, 5.41) is 0. The van der Waals surface area contributed by atoms with Crippen molar-refractivity contribution in [1.29, 1.82) is 0 Å². The molecular formula is C14H23N3O3. The lowest BCUT2D eigenvalue weighted by Crippen LogP contribution is -2.30. The smallest absolute Gasteiger partial charge is 0.306 e. The number of aromatic nitrogens is 2. The Morgan fingerprint density at radius 3 is 2.90 bits per heavy atom. The average Bonchev–Trinajstić information content (AvgIpc) is 3.21. The zero-order valence-corrected chi connectivity index (χ0v) is 12.2. The average molecular weight is 281 g/mol. The first-order valence-corrected chi connectivity index (χ1v) is 7.03. The molecule has 20 heavy (non-hydrogen) atoms. The molecule has 1 aliphatic carbocycles. The zero-order chi connectivity index (χ0) is 14.4. The summed E-state index contributed by atoms with van der Waals surface area (Å²) in [4.78, 5) is 17.7. The lowest BCUT2D eigenvalue weighted by Gasteiger charge is -2.22. The highest BCUT2D eigenvalue weighted by Gasteiger charge is 2.25. The molecule has 1 aliphatic rings. The van der Waals surface area contributed by atoms with Crippen LogP contribution in [0.25, 0.3) is 0 Å². The summed E-state index contributed by atoms with van der Waals surface area (Å²) in [5.74, 6) is -0.178. The van der Waals surface area contributed by atoms with Gasteiger partial charge >= 0.3 is 5.97 Å². The number of hydrogen-bond acceptors (Lipinski definition) is 5. The number of methoxy groups -OCH3 is 2. The van der Waals surface area contributed by atoms with Gasteiger partial charge in [0.05, 0.1) is 32.2 Å². The Labute approximate surface area is 119 Å². The van der Waals surface area contributed by atoms with Gasteiger partial charge in [-0.05, 0) is 12.8 Å². The molecule has 1 heterocycles. The first-order chi connectivity index (χ1) is 9.74. The molecule has 6 nitrogen and oxygen atoms in total. The second-order valence-corrected chi connectivity index (χ2v) is 5.12. The van der Waals surface area contributed by atoms with Crippen molar-refractivity contribution in [3.8, 4) is 0 Å². The summed E-state index contributed by atoms with van der Waals surface area (Å²) in [7, 11) is 3.11. The minimum atomic E-state index is -0.178. The molecule has 0 saturated heterocycles. The van der Waals surface area contributed by atoms with Crippen LogP contribution in [0.4, 0.5) is 0 Å². The van der Waals surface area contributed by atoms with E-state index in [9.17, 15) is 4.79 Å². The molecule has 0 N–H and O–H groups in total. The second kappa shape index (κ2) is 7.40. The van der Waals surface area contributed by atoms with Crippen LogP contribution in [0.5, 0.6) is 0 Å². The number of hydrogen-bond donors (Lipinski definition) is 0. The highest BCUT2D eigenvalue weighted by Crippen LogP contribution is 2.35. The molecule has 0 spiro atoms. The van der Waals surface area contributed by atoms with Crippen LogP contribution in [0.1, 0.15) is 31.0 Å². The minimum absolute atomic E-state index is 0.178. The van der Waals surface area contributed by atoms with Crippen LogP contribution in [0.2, 0.25) is 0 Å². The molecule has 0 unspecified atom stereocenters. The van der Waals surface area contributed by atoms with E-state index in [1.807, 2.05) is 12.5 Å². The van der Waals surface area contributed by atoms with E-state index < -0.39 is 0 Å². The van der Waals surface area contributed by atoms with Crippen LogP contribution in [0.3, 0.4) is 0 Å². The molecule has 0 radical (unpaired) electrons. The first-order valence-electron chi connectivity index (χ1n) is 7.03. The van der Waals surface area contributed by atoms with Gasteiger partial charge in [-0.1, -0.05) is 0 Å². The number of ether oxygens (including phenoxy) is 2. The molecule has 0 aliphatic heterocycles. The van der Waals surface area contributed by atoms with E-state index in [1.54, 1.807) is 7.11 Å². The summed E-state index contributed by atoms with van der Waals surface area (Å²) in [6.45, 7) is 2.91. The van der Waals surface area contributed by atoms with Gasteiger partial charge in [-0.25, -0.2) is 4.98 Å². The van der Waals surface area contributed by atoms with Crippen molar-refractivity contribution in [3.05, 3.63) is 18.2 Å². The highest BCUT2D eigenvalue weighted by molar-refractivity contribution is 5.69. The Balaban J connectivity index is 1.91. The number of imidazole rings is 1. The van der Waals surface area contributed by atoms with E-state index >= 15 is 0 Å². The number of carbonyl (C=O) groups excluding carboxylic acids is 1. The Bertz CT molecular complexity index is 429. The fourth-order valence-electron chi connectivity index (χ4n) is 2.21. The summed E-state index contributed by atoms with van der Waals surface area (Å²) >= 11 is 0. The van der Waals surface area contributed by atoms with Gasteiger partial charge in [0.1, 0.15) is 0 Å². The molecule has 1 aromatic rings. The predicted octanol–water partition coefficient (Wildman–Crippen LogP) is 1.23. The standard InChI is InChI=1S/C14H23N3O3/c1-19-8-7-16(6-5-14(18)20-2)10-13-9-15-11-17(13)12-3-4-12/h9,11-12H,3-8,10H2,1-2H3. The zero-order valence-electron chi connectivity index (χ0n) is 12.2. The summed E-state index contributed by atoms with van der Waals surface area (Å²) in [6, 6.07) is 0.623. The van der Waals surface area contributed by atoms with Crippen LogP contribution in [0, 0.1) is 0 Å². The highest BCUT2D eigenvalue weighted by atomic mass is 16.5. The van der Waals surface area contributed by atoms with Crippen molar-refractivity contribution < 1.29 is 14.3 Å².